The number of benzene rings is 1. The van der Waals surface area contributed by atoms with Crippen molar-refractivity contribution in [1.82, 2.24) is 9.55 Å². The highest BCUT2D eigenvalue weighted by Gasteiger charge is 2.40. The molecule has 6 heteroatoms. The minimum atomic E-state index is -1.55. The summed E-state index contributed by atoms with van der Waals surface area (Å²) < 4.78 is 25.4. The van der Waals surface area contributed by atoms with Gasteiger partial charge in [-0.3, -0.25) is 0 Å². The highest BCUT2D eigenvalue weighted by molar-refractivity contribution is 5.87. The number of carbonyl (C=O) groups excluding carboxylic acids is 1. The van der Waals surface area contributed by atoms with Crippen LogP contribution in [0.4, 0.5) is 4.39 Å². The number of aromatic nitrogens is 2. The maximum atomic E-state index is 13.8. The first-order valence-electron chi connectivity index (χ1n) is 7.10. The smallest absolute Gasteiger partial charge is 0.356 e. The van der Waals surface area contributed by atoms with Crippen molar-refractivity contribution in [3.63, 3.8) is 0 Å². The second-order valence-corrected chi connectivity index (χ2v) is 5.49. The van der Waals surface area contributed by atoms with Crippen molar-refractivity contribution in [1.29, 1.82) is 0 Å². The van der Waals surface area contributed by atoms with Crippen LogP contribution in [0.25, 0.3) is 0 Å². The molecule has 0 spiro atoms. The maximum absolute atomic E-state index is 13.8. The number of halogens is 1. The molecule has 1 aliphatic heterocycles. The molecular formula is C16H17FN2O3. The standard InChI is InChI=1S/C16H17FN2O3/c1-12(13-5-3-2-4-6-13)19-11-18-7-14(19)15(20)22-10-16(17)8-21-9-16/h2-7,11-12H,8-10H2,1H3. The van der Waals surface area contributed by atoms with Crippen molar-refractivity contribution in [2.75, 3.05) is 19.8 Å². The van der Waals surface area contributed by atoms with Crippen molar-refractivity contribution in [2.45, 2.75) is 18.6 Å². The quantitative estimate of drug-likeness (QED) is 0.796. The van der Waals surface area contributed by atoms with E-state index in [4.69, 9.17) is 9.47 Å². The van der Waals surface area contributed by atoms with Gasteiger partial charge in [0.1, 0.15) is 12.3 Å². The Morgan fingerprint density at radius 1 is 1.45 bits per heavy atom. The van der Waals surface area contributed by atoms with Gasteiger partial charge in [0.05, 0.1) is 31.8 Å². The van der Waals surface area contributed by atoms with Crippen LogP contribution < -0.4 is 0 Å². The normalized spacial score (nSPS) is 17.5. The number of rotatable bonds is 5. The van der Waals surface area contributed by atoms with Crippen LogP contribution in [0.5, 0.6) is 0 Å². The van der Waals surface area contributed by atoms with E-state index in [0.717, 1.165) is 5.56 Å². The molecule has 1 unspecified atom stereocenters. The SMILES string of the molecule is CC(c1ccccc1)n1cncc1C(=O)OCC1(F)COC1. The lowest BCUT2D eigenvalue weighted by molar-refractivity contribution is -0.151. The van der Waals surface area contributed by atoms with E-state index in [-0.39, 0.29) is 25.9 Å². The van der Waals surface area contributed by atoms with Crippen LogP contribution in [-0.4, -0.2) is 41.0 Å². The third-order valence-electron chi connectivity index (χ3n) is 3.76. The van der Waals surface area contributed by atoms with E-state index < -0.39 is 11.6 Å². The lowest BCUT2D eigenvalue weighted by Gasteiger charge is -2.32. The first kappa shape index (κ1) is 14.7. The highest BCUT2D eigenvalue weighted by atomic mass is 19.1. The van der Waals surface area contributed by atoms with Gasteiger partial charge in [-0.2, -0.15) is 0 Å². The predicted octanol–water partition coefficient (Wildman–Crippen LogP) is 2.39. The Morgan fingerprint density at radius 2 is 2.18 bits per heavy atom. The molecule has 2 heterocycles. The number of esters is 1. The fourth-order valence-electron chi connectivity index (χ4n) is 2.34. The monoisotopic (exact) mass is 304 g/mol. The molecule has 1 fully saturated rings. The van der Waals surface area contributed by atoms with Gasteiger partial charge in [-0.1, -0.05) is 30.3 Å². The molecule has 1 aliphatic rings. The molecule has 5 nitrogen and oxygen atoms in total. The Labute approximate surface area is 127 Å². The van der Waals surface area contributed by atoms with Crippen LogP contribution in [0.3, 0.4) is 0 Å². The number of alkyl halides is 1. The summed E-state index contributed by atoms with van der Waals surface area (Å²) >= 11 is 0. The van der Waals surface area contributed by atoms with E-state index in [0.29, 0.717) is 5.69 Å². The first-order valence-corrected chi connectivity index (χ1v) is 7.10. The molecule has 2 aromatic rings. The van der Waals surface area contributed by atoms with Gasteiger partial charge in [0.25, 0.3) is 0 Å². The molecule has 0 radical (unpaired) electrons. The van der Waals surface area contributed by atoms with Gasteiger partial charge in [-0.05, 0) is 12.5 Å². The molecule has 0 N–H and O–H groups in total. The summed E-state index contributed by atoms with van der Waals surface area (Å²) in [4.78, 5) is 16.2. The predicted molar refractivity (Wildman–Crippen MR) is 77.4 cm³/mol. The first-order chi connectivity index (χ1) is 10.6. The number of hydrogen-bond donors (Lipinski definition) is 0. The molecule has 0 amide bonds. The van der Waals surface area contributed by atoms with E-state index in [2.05, 4.69) is 4.98 Å². The number of carbonyl (C=O) groups is 1. The van der Waals surface area contributed by atoms with Crippen molar-refractivity contribution in [3.8, 4) is 0 Å². The molecule has 0 bridgehead atoms. The Morgan fingerprint density at radius 3 is 2.82 bits per heavy atom. The van der Waals surface area contributed by atoms with E-state index in [1.54, 1.807) is 10.9 Å². The van der Waals surface area contributed by atoms with Crippen molar-refractivity contribution in [3.05, 3.63) is 54.1 Å². The highest BCUT2D eigenvalue weighted by Crippen LogP contribution is 2.23. The van der Waals surface area contributed by atoms with Gasteiger partial charge >= 0.3 is 5.97 Å². The van der Waals surface area contributed by atoms with E-state index >= 15 is 0 Å². The zero-order valence-corrected chi connectivity index (χ0v) is 12.2. The molecule has 1 aromatic carbocycles. The maximum Gasteiger partial charge on any atom is 0.356 e. The second kappa shape index (κ2) is 5.88. The summed E-state index contributed by atoms with van der Waals surface area (Å²) in [5.41, 5.74) is -0.199. The largest absolute Gasteiger partial charge is 0.457 e. The summed E-state index contributed by atoms with van der Waals surface area (Å²) in [7, 11) is 0. The number of hydrogen-bond acceptors (Lipinski definition) is 4. The Bertz CT molecular complexity index is 652. The minimum Gasteiger partial charge on any atom is -0.457 e. The van der Waals surface area contributed by atoms with E-state index in [1.165, 1.54) is 6.20 Å². The summed E-state index contributed by atoms with van der Waals surface area (Å²) in [5.74, 6) is -0.579. The van der Waals surface area contributed by atoms with E-state index in [1.807, 2.05) is 37.3 Å². The number of nitrogens with zero attached hydrogens (tertiary/aromatic N) is 2. The van der Waals surface area contributed by atoms with Crippen LogP contribution in [0.1, 0.15) is 29.0 Å². The second-order valence-electron chi connectivity index (χ2n) is 5.49. The van der Waals surface area contributed by atoms with Crippen LogP contribution in [0.15, 0.2) is 42.9 Å². The molecule has 1 aromatic heterocycles. The Kier molecular flexibility index (Phi) is 3.94. The van der Waals surface area contributed by atoms with Crippen molar-refractivity contribution in [2.24, 2.45) is 0 Å². The third-order valence-corrected chi connectivity index (χ3v) is 3.76. The topological polar surface area (TPSA) is 53.4 Å². The third kappa shape index (κ3) is 2.87. The summed E-state index contributed by atoms with van der Waals surface area (Å²) in [6.07, 6.45) is 3.01. The molecular weight excluding hydrogens is 287 g/mol. The van der Waals surface area contributed by atoms with Crippen molar-refractivity contribution < 1.29 is 18.7 Å². The zero-order valence-electron chi connectivity index (χ0n) is 12.2. The van der Waals surface area contributed by atoms with Gasteiger partial charge < -0.3 is 14.0 Å². The van der Waals surface area contributed by atoms with Gasteiger partial charge in [-0.15, -0.1) is 0 Å². The van der Waals surface area contributed by atoms with Gasteiger partial charge in [-0.25, -0.2) is 14.2 Å². The van der Waals surface area contributed by atoms with Crippen molar-refractivity contribution >= 4 is 5.97 Å². The van der Waals surface area contributed by atoms with Crippen LogP contribution in [0.2, 0.25) is 0 Å². The van der Waals surface area contributed by atoms with Crippen LogP contribution >= 0.6 is 0 Å². The minimum absolute atomic E-state index is 0.0278. The molecule has 22 heavy (non-hydrogen) atoms. The molecule has 0 saturated carbocycles. The number of ether oxygens (including phenoxy) is 2. The Hall–Kier alpha value is -2.21. The number of imidazole rings is 1. The average Bonchev–Trinajstić information content (AvgIpc) is 3.00. The summed E-state index contributed by atoms with van der Waals surface area (Å²) in [5, 5.41) is 0. The summed E-state index contributed by atoms with van der Waals surface area (Å²) in [6, 6.07) is 9.68. The van der Waals surface area contributed by atoms with Gasteiger partial charge in [0.2, 0.25) is 0 Å². The fourth-order valence-corrected chi connectivity index (χ4v) is 2.34. The zero-order chi connectivity index (χ0) is 15.6. The van der Waals surface area contributed by atoms with E-state index in [9.17, 15) is 9.18 Å². The molecule has 0 aliphatic carbocycles. The van der Waals surface area contributed by atoms with Gasteiger partial charge in [0.15, 0.2) is 5.67 Å². The summed E-state index contributed by atoms with van der Waals surface area (Å²) in [6.45, 7) is 1.61. The van der Waals surface area contributed by atoms with Gasteiger partial charge in [0, 0.05) is 0 Å². The van der Waals surface area contributed by atoms with Crippen LogP contribution in [0, 0.1) is 0 Å². The molecule has 1 saturated heterocycles. The Balaban J connectivity index is 1.72. The molecule has 116 valence electrons. The lowest BCUT2D eigenvalue weighted by Crippen LogP contribution is -2.49. The lowest BCUT2D eigenvalue weighted by atomic mass is 10.1. The molecule has 1 atom stereocenters. The van der Waals surface area contributed by atoms with Crippen LogP contribution in [-0.2, 0) is 9.47 Å². The molecule has 3 rings (SSSR count). The fraction of sp³-hybridized carbons (Fsp3) is 0.375. The average molecular weight is 304 g/mol.